The maximum absolute atomic E-state index is 10.6. The largest absolute Gasteiger partial charge is 0.508 e. The lowest BCUT2D eigenvalue weighted by Gasteiger charge is -2.32. The lowest BCUT2D eigenvalue weighted by molar-refractivity contribution is -0.137. The summed E-state index contributed by atoms with van der Waals surface area (Å²) in [6.07, 6.45) is 3.30. The van der Waals surface area contributed by atoms with Gasteiger partial charge in [-0.15, -0.1) is 0 Å². The topological polar surface area (TPSA) is 60.8 Å². The zero-order chi connectivity index (χ0) is 13.7. The predicted molar refractivity (Wildman–Crippen MR) is 73.0 cm³/mol. The van der Waals surface area contributed by atoms with Gasteiger partial charge in [0.15, 0.2) is 0 Å². The highest BCUT2D eigenvalue weighted by molar-refractivity contribution is 5.66. The Morgan fingerprint density at radius 2 is 2.26 bits per heavy atom. The highest BCUT2D eigenvalue weighted by Gasteiger charge is 2.20. The Morgan fingerprint density at radius 1 is 1.42 bits per heavy atom. The number of hydrogen-bond acceptors (Lipinski definition) is 3. The van der Waals surface area contributed by atoms with E-state index in [4.69, 9.17) is 5.11 Å². The number of carboxylic acids is 1. The third kappa shape index (κ3) is 4.56. The summed E-state index contributed by atoms with van der Waals surface area (Å²) in [5, 5.41) is 18.2. The van der Waals surface area contributed by atoms with E-state index in [2.05, 4.69) is 4.90 Å². The molecule has 2 N–H and O–H groups in total. The number of piperidine rings is 1. The van der Waals surface area contributed by atoms with Gasteiger partial charge in [-0.05, 0) is 49.4 Å². The summed E-state index contributed by atoms with van der Waals surface area (Å²) in [5.74, 6) is 0.0872. The molecule has 4 nitrogen and oxygen atoms in total. The van der Waals surface area contributed by atoms with Crippen LogP contribution in [0.3, 0.4) is 0 Å². The van der Waals surface area contributed by atoms with E-state index in [0.29, 0.717) is 11.7 Å². The number of benzene rings is 1. The molecule has 2 rings (SSSR count). The van der Waals surface area contributed by atoms with Crippen LogP contribution in [0.1, 0.15) is 31.2 Å². The summed E-state index contributed by atoms with van der Waals surface area (Å²) >= 11 is 0. The average Bonchev–Trinajstić information content (AvgIpc) is 2.37. The molecule has 1 aliphatic rings. The second kappa shape index (κ2) is 6.57. The fraction of sp³-hybridized carbons (Fsp3) is 0.533. The summed E-state index contributed by atoms with van der Waals surface area (Å²) in [6.45, 7) is 2.85. The van der Waals surface area contributed by atoms with Crippen LogP contribution in [0.2, 0.25) is 0 Å². The van der Waals surface area contributed by atoms with Gasteiger partial charge in [-0.25, -0.2) is 0 Å². The van der Waals surface area contributed by atoms with E-state index in [9.17, 15) is 9.90 Å². The zero-order valence-corrected chi connectivity index (χ0v) is 11.1. The first-order chi connectivity index (χ1) is 9.13. The quantitative estimate of drug-likeness (QED) is 0.856. The highest BCUT2D eigenvalue weighted by Crippen LogP contribution is 2.23. The van der Waals surface area contributed by atoms with Crippen molar-refractivity contribution in [3.05, 3.63) is 29.8 Å². The molecular weight excluding hydrogens is 242 g/mol. The Labute approximate surface area is 113 Å². The molecule has 0 aromatic heterocycles. The number of rotatable bonds is 5. The van der Waals surface area contributed by atoms with Gasteiger partial charge >= 0.3 is 5.97 Å². The van der Waals surface area contributed by atoms with Crippen LogP contribution >= 0.6 is 0 Å². The molecule has 1 aromatic carbocycles. The summed E-state index contributed by atoms with van der Waals surface area (Å²) in [6, 6.07) is 7.34. The lowest BCUT2D eigenvalue weighted by Crippen LogP contribution is -2.35. The monoisotopic (exact) mass is 263 g/mol. The first-order valence-corrected chi connectivity index (χ1v) is 6.85. The molecule has 1 fully saturated rings. The van der Waals surface area contributed by atoms with Crippen LogP contribution < -0.4 is 0 Å². The molecule has 1 atom stereocenters. The summed E-state index contributed by atoms with van der Waals surface area (Å²) in [7, 11) is 0. The first-order valence-electron chi connectivity index (χ1n) is 6.85. The number of aromatic hydroxyl groups is 1. The van der Waals surface area contributed by atoms with Crippen LogP contribution in [-0.4, -0.2) is 34.2 Å². The second-order valence-corrected chi connectivity index (χ2v) is 5.35. The normalized spacial score (nSPS) is 20.3. The van der Waals surface area contributed by atoms with Gasteiger partial charge in [0.25, 0.3) is 0 Å². The second-order valence-electron chi connectivity index (χ2n) is 5.35. The van der Waals surface area contributed by atoms with E-state index in [1.807, 2.05) is 12.1 Å². The molecule has 0 saturated carbocycles. The van der Waals surface area contributed by atoms with Crippen LogP contribution in [0.15, 0.2) is 24.3 Å². The van der Waals surface area contributed by atoms with Crippen molar-refractivity contribution in [1.29, 1.82) is 0 Å². The van der Waals surface area contributed by atoms with E-state index in [1.54, 1.807) is 12.1 Å². The van der Waals surface area contributed by atoms with Crippen LogP contribution in [-0.2, 0) is 11.3 Å². The van der Waals surface area contributed by atoms with E-state index in [1.165, 1.54) is 0 Å². The average molecular weight is 263 g/mol. The Balaban J connectivity index is 1.85. The van der Waals surface area contributed by atoms with Gasteiger partial charge in [0, 0.05) is 19.5 Å². The van der Waals surface area contributed by atoms with Gasteiger partial charge < -0.3 is 10.2 Å². The molecule has 0 aliphatic carbocycles. The number of likely N-dealkylation sites (tertiary alicyclic amines) is 1. The fourth-order valence-electron chi connectivity index (χ4n) is 2.77. The van der Waals surface area contributed by atoms with Gasteiger partial charge in [0.05, 0.1) is 0 Å². The van der Waals surface area contributed by atoms with Crippen LogP contribution in [0.4, 0.5) is 0 Å². The van der Waals surface area contributed by atoms with E-state index >= 15 is 0 Å². The summed E-state index contributed by atoms with van der Waals surface area (Å²) < 4.78 is 0. The summed E-state index contributed by atoms with van der Waals surface area (Å²) in [4.78, 5) is 13.0. The smallest absolute Gasteiger partial charge is 0.303 e. The third-order valence-electron chi connectivity index (χ3n) is 3.69. The SMILES string of the molecule is O=C(O)CCC1CCCN(Cc2cccc(O)c2)C1. The van der Waals surface area contributed by atoms with E-state index < -0.39 is 5.97 Å². The molecule has 1 unspecified atom stereocenters. The molecule has 0 bridgehead atoms. The van der Waals surface area contributed by atoms with Crippen molar-refractivity contribution in [3.8, 4) is 5.75 Å². The van der Waals surface area contributed by atoms with Crippen molar-refractivity contribution in [3.63, 3.8) is 0 Å². The molecule has 1 heterocycles. The van der Waals surface area contributed by atoms with Crippen molar-refractivity contribution < 1.29 is 15.0 Å². The minimum atomic E-state index is -0.704. The van der Waals surface area contributed by atoms with Crippen molar-refractivity contribution in [2.24, 2.45) is 5.92 Å². The minimum Gasteiger partial charge on any atom is -0.508 e. The third-order valence-corrected chi connectivity index (χ3v) is 3.69. The molecule has 1 aliphatic heterocycles. The fourth-order valence-corrected chi connectivity index (χ4v) is 2.77. The molecule has 19 heavy (non-hydrogen) atoms. The van der Waals surface area contributed by atoms with E-state index in [-0.39, 0.29) is 6.42 Å². The number of nitrogens with zero attached hydrogens (tertiary/aromatic N) is 1. The molecular formula is C15H21NO3. The minimum absolute atomic E-state index is 0.268. The highest BCUT2D eigenvalue weighted by atomic mass is 16.4. The number of carboxylic acid groups (broad SMARTS) is 1. The Bertz CT molecular complexity index is 433. The zero-order valence-electron chi connectivity index (χ0n) is 11.1. The molecule has 0 radical (unpaired) electrons. The number of phenols is 1. The molecule has 0 amide bonds. The number of carbonyl (C=O) groups is 1. The first kappa shape index (κ1) is 13.9. The molecule has 1 aromatic rings. The standard InChI is InChI=1S/C15H21NO3/c17-14-5-1-3-13(9-14)11-16-8-2-4-12(10-16)6-7-15(18)19/h1,3,5,9,12,17H,2,4,6-8,10-11H2,(H,18,19). The van der Waals surface area contributed by atoms with Crippen LogP contribution in [0.25, 0.3) is 0 Å². The Morgan fingerprint density at radius 3 is 3.00 bits per heavy atom. The van der Waals surface area contributed by atoms with Gasteiger partial charge in [0.1, 0.15) is 5.75 Å². The predicted octanol–water partition coefficient (Wildman–Crippen LogP) is 2.47. The summed E-state index contributed by atoms with van der Waals surface area (Å²) in [5.41, 5.74) is 1.11. The van der Waals surface area contributed by atoms with Crippen molar-refractivity contribution in [1.82, 2.24) is 4.90 Å². The maximum atomic E-state index is 10.6. The molecule has 4 heteroatoms. The van der Waals surface area contributed by atoms with Gasteiger partial charge in [0.2, 0.25) is 0 Å². The van der Waals surface area contributed by atoms with Gasteiger partial charge in [-0.1, -0.05) is 12.1 Å². The maximum Gasteiger partial charge on any atom is 0.303 e. The Kier molecular flexibility index (Phi) is 4.80. The van der Waals surface area contributed by atoms with Crippen LogP contribution in [0, 0.1) is 5.92 Å². The molecule has 104 valence electrons. The lowest BCUT2D eigenvalue weighted by atomic mass is 9.93. The van der Waals surface area contributed by atoms with Gasteiger partial charge in [-0.2, -0.15) is 0 Å². The molecule has 0 spiro atoms. The van der Waals surface area contributed by atoms with E-state index in [0.717, 1.165) is 44.5 Å². The number of hydrogen-bond donors (Lipinski definition) is 2. The Hall–Kier alpha value is -1.55. The number of phenolic OH excluding ortho intramolecular Hbond substituents is 1. The van der Waals surface area contributed by atoms with Gasteiger partial charge in [-0.3, -0.25) is 9.69 Å². The van der Waals surface area contributed by atoms with Crippen molar-refractivity contribution >= 4 is 5.97 Å². The molecule has 1 saturated heterocycles. The van der Waals surface area contributed by atoms with Crippen LogP contribution in [0.5, 0.6) is 5.75 Å². The number of aliphatic carboxylic acids is 1. The van der Waals surface area contributed by atoms with Crippen molar-refractivity contribution in [2.45, 2.75) is 32.2 Å². The van der Waals surface area contributed by atoms with Crippen molar-refractivity contribution in [2.75, 3.05) is 13.1 Å².